The molecule has 1 atom stereocenters. The van der Waals surface area contributed by atoms with E-state index in [4.69, 9.17) is 10.7 Å². The quantitative estimate of drug-likeness (QED) is 0.436. The average Bonchev–Trinajstić information content (AvgIpc) is 3.32. The summed E-state index contributed by atoms with van der Waals surface area (Å²) >= 11 is 0. The Morgan fingerprint density at radius 2 is 1.90 bits per heavy atom. The fourth-order valence-electron chi connectivity index (χ4n) is 3.91. The summed E-state index contributed by atoms with van der Waals surface area (Å²) in [6.45, 7) is 0.583. The van der Waals surface area contributed by atoms with Crippen LogP contribution in [-0.4, -0.2) is 21.2 Å². The van der Waals surface area contributed by atoms with Crippen LogP contribution in [0.2, 0.25) is 0 Å². The molecule has 5 N–H and O–H groups in total. The number of fused-ring (bicyclic) bond motifs is 2. The zero-order valence-corrected chi connectivity index (χ0v) is 16.3. The molecule has 0 amide bonds. The Morgan fingerprint density at radius 3 is 2.83 bits per heavy atom. The van der Waals surface area contributed by atoms with Crippen molar-refractivity contribution >= 4 is 27.8 Å². The molecule has 6 heteroatoms. The minimum atomic E-state index is -0.683. The molecule has 3 heterocycles. The lowest BCUT2D eigenvalue weighted by atomic mass is 9.98. The molecule has 0 saturated carbocycles. The van der Waals surface area contributed by atoms with E-state index >= 15 is 0 Å². The summed E-state index contributed by atoms with van der Waals surface area (Å²) in [6.07, 6.45) is 8.51. The fraction of sp³-hybridized carbons (Fsp3) is 0.174. The lowest BCUT2D eigenvalue weighted by Gasteiger charge is -2.32. The number of nitrogens with zero attached hydrogens (tertiary/aromatic N) is 2. The molecule has 2 aromatic carbocycles. The molecule has 1 unspecified atom stereocenters. The zero-order valence-electron chi connectivity index (χ0n) is 16.3. The molecule has 29 heavy (non-hydrogen) atoms. The molecule has 1 aliphatic rings. The number of nitrogens with one attached hydrogen (secondary N) is 3. The van der Waals surface area contributed by atoms with E-state index in [2.05, 4.69) is 82.0 Å². The van der Waals surface area contributed by atoms with Crippen molar-refractivity contribution in [3.63, 3.8) is 0 Å². The molecule has 4 aromatic rings. The minimum absolute atomic E-state index is 0.583. The summed E-state index contributed by atoms with van der Waals surface area (Å²) in [7, 11) is 2.05. The first-order valence-corrected chi connectivity index (χ1v) is 9.74. The minimum Gasteiger partial charge on any atom is -0.361 e. The predicted molar refractivity (Wildman–Crippen MR) is 118 cm³/mol. The highest BCUT2D eigenvalue weighted by atomic mass is 15.3. The van der Waals surface area contributed by atoms with Gasteiger partial charge in [0.2, 0.25) is 0 Å². The number of H-pyrrole nitrogens is 1. The second-order valence-corrected chi connectivity index (χ2v) is 7.70. The van der Waals surface area contributed by atoms with Gasteiger partial charge in [-0.05, 0) is 64.4 Å². The molecule has 146 valence electrons. The van der Waals surface area contributed by atoms with Gasteiger partial charge in [-0.2, -0.15) is 0 Å². The summed E-state index contributed by atoms with van der Waals surface area (Å²) in [5, 5.41) is 8.93. The topological polar surface area (TPSA) is 83.2 Å². The highest BCUT2D eigenvalue weighted by Crippen LogP contribution is 2.19. The van der Waals surface area contributed by atoms with Crippen LogP contribution < -0.4 is 16.4 Å². The van der Waals surface area contributed by atoms with Gasteiger partial charge < -0.3 is 25.9 Å². The van der Waals surface area contributed by atoms with Crippen molar-refractivity contribution in [3.05, 3.63) is 84.3 Å². The third-order valence-corrected chi connectivity index (χ3v) is 5.44. The molecular weight excluding hydrogens is 360 g/mol. The molecule has 2 aromatic heterocycles. The Hall–Kier alpha value is -3.51. The predicted octanol–water partition coefficient (Wildman–Crippen LogP) is 3.12. The van der Waals surface area contributed by atoms with Gasteiger partial charge >= 0.3 is 0 Å². The standard InChI is InChI=1S/C23H24N6/c1-29-11-7-19-13-17(3-5-21(19)29)15-27-22-26-10-8-23(24,28-22)14-16-2-4-20-18(12-16)6-9-25-20/h2-13,25H,14-15,24H2,1H3,(H2,26,27,28). The molecule has 0 aliphatic carbocycles. The van der Waals surface area contributed by atoms with Crippen LogP contribution >= 0.6 is 0 Å². The lowest BCUT2D eigenvalue weighted by Crippen LogP contribution is -2.61. The fourth-order valence-corrected chi connectivity index (χ4v) is 3.91. The first kappa shape index (κ1) is 17.6. The normalized spacial score (nSPS) is 20.3. The van der Waals surface area contributed by atoms with Gasteiger partial charge in [-0.15, -0.1) is 0 Å². The average molecular weight is 384 g/mol. The number of rotatable bonds is 4. The lowest BCUT2D eigenvalue weighted by molar-refractivity contribution is 0.472. The van der Waals surface area contributed by atoms with Crippen LogP contribution in [0.4, 0.5) is 0 Å². The highest BCUT2D eigenvalue weighted by molar-refractivity contribution is 5.84. The Labute approximate surface area is 169 Å². The van der Waals surface area contributed by atoms with Crippen molar-refractivity contribution in [1.29, 1.82) is 0 Å². The van der Waals surface area contributed by atoms with Gasteiger partial charge in [0.1, 0.15) is 5.66 Å². The van der Waals surface area contributed by atoms with E-state index in [1.54, 1.807) is 0 Å². The third kappa shape index (κ3) is 3.50. The maximum atomic E-state index is 6.62. The molecule has 0 spiro atoms. The van der Waals surface area contributed by atoms with Crippen molar-refractivity contribution in [2.24, 2.45) is 17.8 Å². The second kappa shape index (κ2) is 6.83. The van der Waals surface area contributed by atoms with Gasteiger partial charge in [0.05, 0.1) is 6.54 Å². The molecule has 1 aliphatic heterocycles. The van der Waals surface area contributed by atoms with Gasteiger partial charge in [0, 0.05) is 43.1 Å². The number of hydrogen-bond acceptors (Lipinski definition) is 2. The van der Waals surface area contributed by atoms with E-state index in [0.717, 1.165) is 11.1 Å². The molecule has 0 radical (unpaired) electrons. The summed E-state index contributed by atoms with van der Waals surface area (Å²) in [5.41, 5.74) is 10.6. The highest BCUT2D eigenvalue weighted by Gasteiger charge is 2.26. The van der Waals surface area contributed by atoms with Gasteiger partial charge in [-0.3, -0.25) is 0 Å². The third-order valence-electron chi connectivity index (χ3n) is 5.44. The molecule has 0 bridgehead atoms. The van der Waals surface area contributed by atoms with Crippen LogP contribution in [-0.2, 0) is 20.0 Å². The van der Waals surface area contributed by atoms with Crippen LogP contribution in [0.5, 0.6) is 0 Å². The first-order chi connectivity index (χ1) is 14.1. The number of aromatic nitrogens is 2. The number of aryl methyl sites for hydroxylation is 1. The number of aromatic amines is 1. The van der Waals surface area contributed by atoms with Crippen molar-refractivity contribution < 1.29 is 0 Å². The number of nitrogens with two attached hydrogens (primary N) is 1. The number of hydrogen-bond donors (Lipinski definition) is 4. The maximum absolute atomic E-state index is 6.62. The molecule has 0 fully saturated rings. The van der Waals surface area contributed by atoms with Crippen molar-refractivity contribution in [3.8, 4) is 0 Å². The molecule has 5 rings (SSSR count). The van der Waals surface area contributed by atoms with Gasteiger partial charge in [-0.25, -0.2) is 4.99 Å². The van der Waals surface area contributed by atoms with Gasteiger partial charge in [-0.1, -0.05) is 12.1 Å². The van der Waals surface area contributed by atoms with Crippen LogP contribution in [0.3, 0.4) is 0 Å². The Balaban J connectivity index is 1.31. The summed E-state index contributed by atoms with van der Waals surface area (Å²) in [5.74, 6) is 0.686. The number of benzene rings is 2. The van der Waals surface area contributed by atoms with E-state index in [0.29, 0.717) is 18.9 Å². The Kier molecular flexibility index (Phi) is 4.14. The van der Waals surface area contributed by atoms with Crippen molar-refractivity contribution in [2.75, 3.05) is 0 Å². The number of guanidine groups is 1. The second-order valence-electron chi connectivity index (χ2n) is 7.70. The maximum Gasteiger partial charge on any atom is 0.197 e. The van der Waals surface area contributed by atoms with Gasteiger partial charge in [0.25, 0.3) is 0 Å². The van der Waals surface area contributed by atoms with Crippen molar-refractivity contribution in [1.82, 2.24) is 20.2 Å². The SMILES string of the molecule is Cn1ccc2cc(CN=C3NC=CC(N)(Cc4ccc5[nH]ccc5c4)N3)ccc21. The Bertz CT molecular complexity index is 1240. The summed E-state index contributed by atoms with van der Waals surface area (Å²) in [4.78, 5) is 7.92. The zero-order chi connectivity index (χ0) is 19.8. The van der Waals surface area contributed by atoms with Crippen LogP contribution in [0.1, 0.15) is 11.1 Å². The van der Waals surface area contributed by atoms with Crippen molar-refractivity contribution in [2.45, 2.75) is 18.6 Å². The van der Waals surface area contributed by atoms with Crippen LogP contribution in [0, 0.1) is 0 Å². The summed E-state index contributed by atoms with van der Waals surface area (Å²) < 4.78 is 2.12. The molecular formula is C23H24N6. The van der Waals surface area contributed by atoms with E-state index < -0.39 is 5.66 Å². The smallest absolute Gasteiger partial charge is 0.197 e. The number of aliphatic imine (C=N–C) groups is 1. The van der Waals surface area contributed by atoms with Crippen LogP contribution in [0.15, 0.2) is 78.2 Å². The van der Waals surface area contributed by atoms with E-state index in [1.807, 2.05) is 18.5 Å². The largest absolute Gasteiger partial charge is 0.361 e. The molecule has 0 saturated heterocycles. The van der Waals surface area contributed by atoms with Gasteiger partial charge in [0.15, 0.2) is 5.96 Å². The van der Waals surface area contributed by atoms with Crippen LogP contribution in [0.25, 0.3) is 21.8 Å². The van der Waals surface area contributed by atoms with E-state index in [1.165, 1.54) is 21.9 Å². The molecule has 6 nitrogen and oxygen atoms in total. The summed E-state index contributed by atoms with van der Waals surface area (Å²) in [6, 6.07) is 17.0. The van der Waals surface area contributed by atoms with E-state index in [-0.39, 0.29) is 0 Å². The monoisotopic (exact) mass is 384 g/mol. The van der Waals surface area contributed by atoms with E-state index in [9.17, 15) is 0 Å². The Morgan fingerprint density at radius 1 is 1.03 bits per heavy atom. The first-order valence-electron chi connectivity index (χ1n) is 9.74.